The highest BCUT2D eigenvalue weighted by molar-refractivity contribution is 6.46. The number of carbonyl (C=O) groups is 2. The fourth-order valence-corrected chi connectivity index (χ4v) is 4.41. The molecule has 1 aromatic heterocycles. The Hall–Kier alpha value is -3.93. The lowest BCUT2D eigenvalue weighted by molar-refractivity contribution is -0.140. The molecule has 0 radical (unpaired) electrons. The summed E-state index contributed by atoms with van der Waals surface area (Å²) in [4.78, 5) is 32.1. The first kappa shape index (κ1) is 23.2. The van der Waals surface area contributed by atoms with Gasteiger partial charge < -0.3 is 14.7 Å². The van der Waals surface area contributed by atoms with Gasteiger partial charge in [-0.1, -0.05) is 49.7 Å². The number of aliphatic hydroxyl groups excluding tert-OH is 1. The summed E-state index contributed by atoms with van der Waals surface area (Å²) in [6, 6.07) is 15.9. The topological polar surface area (TPSA) is 79.7 Å². The molecule has 1 atom stereocenters. The summed E-state index contributed by atoms with van der Waals surface area (Å²) in [7, 11) is 1.60. The molecule has 6 nitrogen and oxygen atoms in total. The average Bonchev–Trinajstić information content (AvgIpc) is 3.08. The molecule has 3 aromatic rings. The van der Waals surface area contributed by atoms with Gasteiger partial charge in [-0.15, -0.1) is 0 Å². The van der Waals surface area contributed by atoms with Crippen molar-refractivity contribution in [2.24, 2.45) is 0 Å². The van der Waals surface area contributed by atoms with Gasteiger partial charge >= 0.3 is 0 Å². The van der Waals surface area contributed by atoms with Crippen LogP contribution >= 0.6 is 0 Å². The van der Waals surface area contributed by atoms with E-state index in [0.29, 0.717) is 11.3 Å². The van der Waals surface area contributed by atoms with E-state index in [1.807, 2.05) is 57.2 Å². The summed E-state index contributed by atoms with van der Waals surface area (Å²) < 4.78 is 5.46. The maximum atomic E-state index is 13.3. The minimum absolute atomic E-state index is 0.0827. The van der Waals surface area contributed by atoms with Crippen LogP contribution in [0.5, 0.6) is 5.75 Å². The van der Waals surface area contributed by atoms with Gasteiger partial charge in [-0.3, -0.25) is 14.6 Å². The summed E-state index contributed by atoms with van der Waals surface area (Å²) in [5.41, 5.74) is 4.02. The second-order valence-corrected chi connectivity index (χ2v) is 8.81. The maximum Gasteiger partial charge on any atom is 0.295 e. The molecule has 0 aliphatic carbocycles. The Morgan fingerprint density at radius 2 is 1.91 bits per heavy atom. The van der Waals surface area contributed by atoms with Gasteiger partial charge in [0.25, 0.3) is 11.7 Å². The van der Waals surface area contributed by atoms with Gasteiger partial charge in [0, 0.05) is 24.5 Å². The van der Waals surface area contributed by atoms with Crippen molar-refractivity contribution in [2.75, 3.05) is 7.11 Å². The number of benzene rings is 2. The quantitative estimate of drug-likeness (QED) is 0.315. The van der Waals surface area contributed by atoms with Crippen LogP contribution in [0.3, 0.4) is 0 Å². The van der Waals surface area contributed by atoms with Crippen LogP contribution in [0.15, 0.2) is 72.6 Å². The van der Waals surface area contributed by atoms with Gasteiger partial charge in [-0.05, 0) is 53.8 Å². The summed E-state index contributed by atoms with van der Waals surface area (Å²) in [6.45, 7) is 6.21. The van der Waals surface area contributed by atoms with Gasteiger partial charge in [0.05, 0.1) is 18.7 Å². The third kappa shape index (κ3) is 4.31. The van der Waals surface area contributed by atoms with E-state index in [1.165, 1.54) is 4.90 Å². The van der Waals surface area contributed by atoms with Crippen LogP contribution in [0.25, 0.3) is 5.76 Å². The van der Waals surface area contributed by atoms with Crippen LogP contribution < -0.4 is 4.74 Å². The number of aromatic nitrogens is 1. The zero-order chi connectivity index (χ0) is 24.4. The molecule has 2 heterocycles. The largest absolute Gasteiger partial charge is 0.507 e. The standard InChI is InChI=1S/C28H28N2O4/c1-17(2)22-14-21(10-11-23(22)34-4)26(31)24-25(20-9-5-7-18(3)13-20)30(28(33)27(24)32)16-19-8-6-12-29-15-19/h5-15,17,25,31H,16H2,1-4H3/b26-24-. The number of hydrogen-bond donors (Lipinski definition) is 1. The Balaban J connectivity index is 1.89. The fraction of sp³-hybridized carbons (Fsp3) is 0.250. The average molecular weight is 457 g/mol. The number of ketones is 1. The number of pyridine rings is 1. The molecule has 0 spiro atoms. The number of methoxy groups -OCH3 is 1. The predicted molar refractivity (Wildman–Crippen MR) is 130 cm³/mol. The molecular formula is C28H28N2O4. The highest BCUT2D eigenvalue weighted by Gasteiger charge is 2.46. The van der Waals surface area contributed by atoms with Crippen molar-refractivity contribution in [1.29, 1.82) is 0 Å². The van der Waals surface area contributed by atoms with E-state index in [2.05, 4.69) is 4.98 Å². The van der Waals surface area contributed by atoms with Crippen LogP contribution in [-0.2, 0) is 16.1 Å². The smallest absolute Gasteiger partial charge is 0.295 e. The minimum atomic E-state index is -0.718. The lowest BCUT2D eigenvalue weighted by atomic mass is 9.92. The van der Waals surface area contributed by atoms with Crippen molar-refractivity contribution in [3.8, 4) is 5.75 Å². The van der Waals surface area contributed by atoms with E-state index in [-0.39, 0.29) is 23.8 Å². The molecule has 34 heavy (non-hydrogen) atoms. The molecule has 1 unspecified atom stereocenters. The Kier molecular flexibility index (Phi) is 6.50. The first-order valence-electron chi connectivity index (χ1n) is 11.2. The number of amides is 1. The Bertz CT molecular complexity index is 1260. The number of aliphatic hydroxyl groups is 1. The van der Waals surface area contributed by atoms with E-state index >= 15 is 0 Å². The molecule has 4 rings (SSSR count). The molecule has 1 amide bonds. The van der Waals surface area contributed by atoms with Crippen LogP contribution in [0.1, 0.15) is 53.6 Å². The highest BCUT2D eigenvalue weighted by Crippen LogP contribution is 2.41. The first-order chi connectivity index (χ1) is 16.3. The van der Waals surface area contributed by atoms with Gasteiger partial charge in [0.15, 0.2) is 0 Å². The molecule has 6 heteroatoms. The van der Waals surface area contributed by atoms with Crippen LogP contribution in [0.4, 0.5) is 0 Å². The number of rotatable bonds is 6. The normalized spacial score (nSPS) is 17.4. The number of carbonyl (C=O) groups excluding carboxylic acids is 2. The number of hydrogen-bond acceptors (Lipinski definition) is 5. The van der Waals surface area contributed by atoms with Gasteiger partial charge in [-0.25, -0.2) is 0 Å². The van der Waals surface area contributed by atoms with E-state index in [1.54, 1.807) is 37.7 Å². The Labute approximate surface area is 199 Å². The Morgan fingerprint density at radius 3 is 2.56 bits per heavy atom. The lowest BCUT2D eigenvalue weighted by Crippen LogP contribution is -2.29. The molecular weight excluding hydrogens is 428 g/mol. The van der Waals surface area contributed by atoms with E-state index < -0.39 is 17.7 Å². The zero-order valence-electron chi connectivity index (χ0n) is 19.8. The molecule has 2 aromatic carbocycles. The highest BCUT2D eigenvalue weighted by atomic mass is 16.5. The van der Waals surface area contributed by atoms with Gasteiger partial charge in [0.1, 0.15) is 11.5 Å². The number of nitrogens with zero attached hydrogens (tertiary/aromatic N) is 2. The number of ether oxygens (including phenoxy) is 1. The summed E-state index contributed by atoms with van der Waals surface area (Å²) in [5.74, 6) is -0.686. The third-order valence-electron chi connectivity index (χ3n) is 6.10. The van der Waals surface area contributed by atoms with Crippen molar-refractivity contribution in [3.05, 3.63) is 100 Å². The fourth-order valence-electron chi connectivity index (χ4n) is 4.41. The second kappa shape index (κ2) is 9.51. The second-order valence-electron chi connectivity index (χ2n) is 8.81. The van der Waals surface area contributed by atoms with Crippen LogP contribution in [-0.4, -0.2) is 33.8 Å². The number of likely N-dealkylation sites (tertiary alicyclic amines) is 1. The SMILES string of the molecule is COc1ccc(/C(O)=C2/C(=O)C(=O)N(Cc3cccnc3)C2c2cccc(C)c2)cc1C(C)C. The molecule has 1 aliphatic rings. The minimum Gasteiger partial charge on any atom is -0.507 e. The van der Waals surface area contributed by atoms with E-state index in [4.69, 9.17) is 4.74 Å². The molecule has 174 valence electrons. The molecule has 0 bridgehead atoms. The third-order valence-corrected chi connectivity index (χ3v) is 6.10. The van der Waals surface area contributed by atoms with Gasteiger partial charge in [-0.2, -0.15) is 0 Å². The Morgan fingerprint density at radius 1 is 1.12 bits per heavy atom. The summed E-state index contributed by atoms with van der Waals surface area (Å²) >= 11 is 0. The molecule has 1 N–H and O–H groups in total. The summed E-state index contributed by atoms with van der Waals surface area (Å²) in [5, 5.41) is 11.4. The zero-order valence-corrected chi connectivity index (χ0v) is 19.8. The molecule has 1 fully saturated rings. The van der Waals surface area contributed by atoms with Crippen molar-refractivity contribution in [1.82, 2.24) is 9.88 Å². The van der Waals surface area contributed by atoms with Crippen molar-refractivity contribution in [3.63, 3.8) is 0 Å². The van der Waals surface area contributed by atoms with Crippen molar-refractivity contribution >= 4 is 17.4 Å². The summed E-state index contributed by atoms with van der Waals surface area (Å²) in [6.07, 6.45) is 3.33. The van der Waals surface area contributed by atoms with Gasteiger partial charge in [0.2, 0.25) is 0 Å². The molecule has 0 saturated carbocycles. The number of Topliss-reactive ketones (excluding diaryl/α,β-unsaturated/α-hetero) is 1. The van der Waals surface area contributed by atoms with Crippen molar-refractivity contribution < 1.29 is 19.4 Å². The monoisotopic (exact) mass is 456 g/mol. The van der Waals surface area contributed by atoms with E-state index in [9.17, 15) is 14.7 Å². The van der Waals surface area contributed by atoms with E-state index in [0.717, 1.165) is 22.3 Å². The van der Waals surface area contributed by atoms with Crippen LogP contribution in [0.2, 0.25) is 0 Å². The predicted octanol–water partition coefficient (Wildman–Crippen LogP) is 5.14. The molecule has 1 saturated heterocycles. The lowest BCUT2D eigenvalue weighted by Gasteiger charge is -2.25. The number of aryl methyl sites for hydroxylation is 1. The van der Waals surface area contributed by atoms with Crippen LogP contribution in [0, 0.1) is 6.92 Å². The first-order valence-corrected chi connectivity index (χ1v) is 11.2. The molecule has 1 aliphatic heterocycles. The maximum absolute atomic E-state index is 13.3. The van der Waals surface area contributed by atoms with Crippen molar-refractivity contribution in [2.45, 2.75) is 39.3 Å².